The van der Waals surface area contributed by atoms with Gasteiger partial charge in [-0.05, 0) is 36.3 Å². The number of pyridine rings is 1. The Hall–Kier alpha value is -2.32. The van der Waals surface area contributed by atoms with Gasteiger partial charge in [-0.25, -0.2) is 15.0 Å². The van der Waals surface area contributed by atoms with Crippen molar-refractivity contribution in [3.8, 4) is 11.9 Å². The van der Waals surface area contributed by atoms with Crippen LogP contribution in [0.5, 0.6) is 5.88 Å². The number of hydrogen-bond donors (Lipinski definition) is 0. The van der Waals surface area contributed by atoms with Crippen molar-refractivity contribution in [2.75, 3.05) is 19.6 Å². The quantitative estimate of drug-likeness (QED) is 0.713. The second-order valence-electron chi connectivity index (χ2n) is 8.69. The Labute approximate surface area is 175 Å². The summed E-state index contributed by atoms with van der Waals surface area (Å²) >= 11 is 0. The van der Waals surface area contributed by atoms with Crippen LogP contribution in [0.2, 0.25) is 0 Å². The van der Waals surface area contributed by atoms with E-state index in [4.69, 9.17) is 4.74 Å². The van der Waals surface area contributed by atoms with Crippen LogP contribution in [0.25, 0.3) is 0 Å². The molecule has 1 aromatic heterocycles. The summed E-state index contributed by atoms with van der Waals surface area (Å²) in [6.07, 6.45) is 5.13. The zero-order valence-corrected chi connectivity index (χ0v) is 18.9. The lowest BCUT2D eigenvalue weighted by atomic mass is 9.66. The summed E-state index contributed by atoms with van der Waals surface area (Å²) in [6.45, 7) is 6.12. The SMILES string of the molecule is COc1ccc2c(n1)C[C@@H]([C@H](C(C)C)S(C)(C)c1ccccc1)C(=O)C2(C)C#N. The van der Waals surface area contributed by atoms with Gasteiger partial charge in [0.05, 0.1) is 18.9 Å². The molecule has 1 unspecified atom stereocenters. The number of carbonyl (C=O) groups is 1. The Morgan fingerprint density at radius 2 is 1.86 bits per heavy atom. The van der Waals surface area contributed by atoms with E-state index in [0.29, 0.717) is 18.2 Å². The average Bonchev–Trinajstić information content (AvgIpc) is 2.71. The van der Waals surface area contributed by atoms with Crippen LogP contribution in [0.4, 0.5) is 0 Å². The molecule has 0 N–H and O–H groups in total. The smallest absolute Gasteiger partial charge is 0.213 e. The van der Waals surface area contributed by atoms with Gasteiger partial charge in [0.1, 0.15) is 5.41 Å². The number of nitrogens with zero attached hydrogens (tertiary/aromatic N) is 2. The highest BCUT2D eigenvalue weighted by molar-refractivity contribution is 8.33. The van der Waals surface area contributed by atoms with E-state index in [9.17, 15) is 10.1 Å². The Kier molecular flexibility index (Phi) is 5.78. The lowest BCUT2D eigenvalue weighted by molar-refractivity contribution is -0.127. The van der Waals surface area contributed by atoms with Crippen LogP contribution >= 0.6 is 10.0 Å². The molecule has 154 valence electrons. The molecular formula is C24H30N2O2S. The Morgan fingerprint density at radius 3 is 2.41 bits per heavy atom. The average molecular weight is 411 g/mol. The molecule has 5 heteroatoms. The van der Waals surface area contributed by atoms with Crippen LogP contribution in [0.3, 0.4) is 0 Å². The van der Waals surface area contributed by atoms with Crippen LogP contribution in [0, 0.1) is 23.2 Å². The topological polar surface area (TPSA) is 63.0 Å². The zero-order valence-electron chi connectivity index (χ0n) is 18.1. The van der Waals surface area contributed by atoms with Crippen molar-refractivity contribution in [3.63, 3.8) is 0 Å². The maximum absolute atomic E-state index is 13.8. The number of ketones is 1. The van der Waals surface area contributed by atoms with Crippen LogP contribution < -0.4 is 4.74 Å². The molecule has 0 radical (unpaired) electrons. The Morgan fingerprint density at radius 1 is 1.21 bits per heavy atom. The number of ether oxygens (including phenoxy) is 1. The monoisotopic (exact) mass is 410 g/mol. The molecule has 0 saturated carbocycles. The predicted octanol–water partition coefficient (Wildman–Crippen LogP) is 4.76. The normalized spacial score (nSPS) is 23.2. The molecule has 4 nitrogen and oxygen atoms in total. The number of Topliss-reactive ketones (excluding diaryl/α,β-unsaturated/α-hetero) is 1. The fourth-order valence-corrected chi connectivity index (χ4v) is 8.45. The van der Waals surface area contributed by atoms with Crippen molar-refractivity contribution in [1.29, 1.82) is 5.26 Å². The Bertz CT molecular complexity index is 949. The van der Waals surface area contributed by atoms with E-state index in [1.165, 1.54) is 4.90 Å². The van der Waals surface area contributed by atoms with Crippen LogP contribution in [0.1, 0.15) is 32.0 Å². The molecule has 3 atom stereocenters. The van der Waals surface area contributed by atoms with Crippen molar-refractivity contribution < 1.29 is 9.53 Å². The largest absolute Gasteiger partial charge is 0.481 e. The molecule has 1 aromatic carbocycles. The third-order valence-electron chi connectivity index (χ3n) is 6.25. The lowest BCUT2D eigenvalue weighted by Crippen LogP contribution is -2.49. The van der Waals surface area contributed by atoms with Gasteiger partial charge in [0.2, 0.25) is 5.88 Å². The first-order valence-electron chi connectivity index (χ1n) is 9.94. The van der Waals surface area contributed by atoms with E-state index >= 15 is 0 Å². The number of hydrogen-bond acceptors (Lipinski definition) is 4. The lowest BCUT2D eigenvalue weighted by Gasteiger charge is -2.49. The van der Waals surface area contributed by atoms with E-state index in [1.807, 2.05) is 12.1 Å². The molecule has 2 aromatic rings. The zero-order chi connectivity index (χ0) is 21.4. The number of benzene rings is 1. The summed E-state index contributed by atoms with van der Waals surface area (Å²) in [6, 6.07) is 16.4. The van der Waals surface area contributed by atoms with Crippen molar-refractivity contribution >= 4 is 15.8 Å². The minimum atomic E-state index is -1.30. The van der Waals surface area contributed by atoms with Gasteiger partial charge in [0.15, 0.2) is 5.78 Å². The van der Waals surface area contributed by atoms with Gasteiger partial charge in [-0.15, -0.1) is 0 Å². The predicted molar refractivity (Wildman–Crippen MR) is 119 cm³/mol. The van der Waals surface area contributed by atoms with E-state index < -0.39 is 15.4 Å². The minimum Gasteiger partial charge on any atom is -0.481 e. The maximum atomic E-state index is 13.8. The first-order chi connectivity index (χ1) is 13.7. The Balaban J connectivity index is 2.15. The van der Waals surface area contributed by atoms with Gasteiger partial charge in [-0.1, -0.05) is 44.2 Å². The van der Waals surface area contributed by atoms with Crippen molar-refractivity contribution in [1.82, 2.24) is 4.98 Å². The summed E-state index contributed by atoms with van der Waals surface area (Å²) in [5.41, 5.74) is 0.348. The van der Waals surface area contributed by atoms with Crippen LogP contribution in [0.15, 0.2) is 47.4 Å². The van der Waals surface area contributed by atoms with Crippen molar-refractivity contribution in [3.05, 3.63) is 53.7 Å². The summed E-state index contributed by atoms with van der Waals surface area (Å²) < 4.78 is 5.31. The maximum Gasteiger partial charge on any atom is 0.213 e. The van der Waals surface area contributed by atoms with Crippen molar-refractivity contribution in [2.45, 2.75) is 42.8 Å². The highest BCUT2D eigenvalue weighted by Crippen LogP contribution is 2.59. The molecule has 29 heavy (non-hydrogen) atoms. The second kappa shape index (κ2) is 7.84. The molecule has 1 aliphatic rings. The summed E-state index contributed by atoms with van der Waals surface area (Å²) in [5.74, 6) is 0.587. The number of nitriles is 1. The van der Waals surface area contributed by atoms with Gasteiger partial charge in [0.25, 0.3) is 0 Å². The molecule has 0 spiro atoms. The third-order valence-corrected chi connectivity index (χ3v) is 9.97. The number of aromatic nitrogens is 1. The van der Waals surface area contributed by atoms with E-state index in [2.05, 4.69) is 61.7 Å². The fourth-order valence-electron chi connectivity index (χ4n) is 4.88. The van der Waals surface area contributed by atoms with E-state index in [-0.39, 0.29) is 17.0 Å². The highest BCUT2D eigenvalue weighted by Gasteiger charge is 2.51. The minimum absolute atomic E-state index is 0.0228. The number of rotatable bonds is 5. The van der Waals surface area contributed by atoms with Crippen LogP contribution in [-0.4, -0.2) is 35.6 Å². The summed E-state index contributed by atoms with van der Waals surface area (Å²) in [7, 11) is 0.288. The van der Waals surface area contributed by atoms with Crippen LogP contribution in [-0.2, 0) is 16.6 Å². The standard InChI is InChI=1S/C24H30N2O2S/c1-16(2)22(29(5,6)17-10-8-7-9-11-17)18-14-20-19(12-13-21(26-20)28-4)24(3,15-25)23(18)27/h7-13,16,18,22H,14H2,1-6H3/t18-,22-,24?/m0/s1. The molecule has 3 rings (SSSR count). The number of carbonyl (C=O) groups excluding carboxylic acids is 1. The first kappa shape index (κ1) is 21.4. The summed E-state index contributed by atoms with van der Waals surface area (Å²) in [5, 5.41) is 10.2. The molecule has 0 amide bonds. The molecular weight excluding hydrogens is 380 g/mol. The molecule has 0 aliphatic heterocycles. The number of fused-ring (bicyclic) bond motifs is 1. The first-order valence-corrected chi connectivity index (χ1v) is 12.4. The molecule has 1 heterocycles. The second-order valence-corrected chi connectivity index (χ2v) is 12.5. The molecule has 0 fully saturated rings. The van der Waals surface area contributed by atoms with Gasteiger partial charge in [-0.2, -0.15) is 5.26 Å². The van der Waals surface area contributed by atoms with E-state index in [1.54, 1.807) is 20.1 Å². The highest BCUT2D eigenvalue weighted by atomic mass is 32.3. The van der Waals surface area contributed by atoms with E-state index in [0.717, 1.165) is 11.3 Å². The molecule has 0 saturated heterocycles. The van der Waals surface area contributed by atoms with Gasteiger partial charge in [-0.3, -0.25) is 4.79 Å². The van der Waals surface area contributed by atoms with Gasteiger partial charge < -0.3 is 4.74 Å². The molecule has 0 bridgehead atoms. The van der Waals surface area contributed by atoms with Gasteiger partial charge >= 0.3 is 0 Å². The summed E-state index contributed by atoms with van der Waals surface area (Å²) in [4.78, 5) is 19.7. The third kappa shape index (κ3) is 3.55. The number of methoxy groups -OCH3 is 1. The van der Waals surface area contributed by atoms with Crippen molar-refractivity contribution in [2.24, 2.45) is 11.8 Å². The van der Waals surface area contributed by atoms with Gasteiger partial charge in [0, 0.05) is 29.2 Å². The fraction of sp³-hybridized carbons (Fsp3) is 0.458. The molecule has 1 aliphatic carbocycles.